The molecule has 1 aromatic carbocycles. The van der Waals surface area contributed by atoms with Gasteiger partial charge < -0.3 is 10.3 Å². The van der Waals surface area contributed by atoms with Crippen molar-refractivity contribution in [1.82, 2.24) is 19.7 Å². The van der Waals surface area contributed by atoms with Crippen molar-refractivity contribution in [3.05, 3.63) is 40.4 Å². The highest BCUT2D eigenvalue weighted by Gasteiger charge is 2.17. The lowest BCUT2D eigenvalue weighted by Crippen LogP contribution is -2.33. The minimum Gasteiger partial charge on any atom is -0.398 e. The van der Waals surface area contributed by atoms with E-state index in [0.29, 0.717) is 0 Å². The van der Waals surface area contributed by atoms with Gasteiger partial charge in [-0.05, 0) is 33.6 Å². The molecule has 0 atom stereocenters. The molecule has 0 radical (unpaired) electrons. The zero-order chi connectivity index (χ0) is 12.5. The summed E-state index contributed by atoms with van der Waals surface area (Å²) < 4.78 is 3.07. The van der Waals surface area contributed by atoms with Gasteiger partial charge in [0.15, 0.2) is 0 Å². The number of nitrogens with zero attached hydrogens (tertiary/aromatic N) is 4. The van der Waals surface area contributed by atoms with Crippen molar-refractivity contribution in [2.75, 3.05) is 12.3 Å². The molecule has 5 nitrogen and oxygen atoms in total. The van der Waals surface area contributed by atoms with E-state index >= 15 is 0 Å². The van der Waals surface area contributed by atoms with Crippen LogP contribution in [0.2, 0.25) is 0 Å². The first-order valence-corrected chi connectivity index (χ1v) is 6.64. The molecule has 2 heterocycles. The van der Waals surface area contributed by atoms with Crippen LogP contribution in [0.25, 0.3) is 0 Å². The molecule has 0 spiro atoms. The molecule has 0 amide bonds. The van der Waals surface area contributed by atoms with E-state index in [2.05, 4.69) is 47.7 Å². The number of fused-ring (bicyclic) bond motifs is 1. The SMILES string of the molecule is Nc1ccc(CN2CCn3cnnc3C2)cc1Br. The van der Waals surface area contributed by atoms with E-state index in [1.807, 2.05) is 6.07 Å². The quantitative estimate of drug-likeness (QED) is 0.857. The summed E-state index contributed by atoms with van der Waals surface area (Å²) in [6, 6.07) is 6.08. The summed E-state index contributed by atoms with van der Waals surface area (Å²) in [6.07, 6.45) is 1.80. The number of nitrogens with two attached hydrogens (primary N) is 1. The molecule has 0 aliphatic carbocycles. The van der Waals surface area contributed by atoms with Crippen LogP contribution in [0.15, 0.2) is 29.0 Å². The summed E-state index contributed by atoms with van der Waals surface area (Å²) in [5, 5.41) is 8.06. The molecule has 3 rings (SSSR count). The van der Waals surface area contributed by atoms with E-state index in [4.69, 9.17) is 5.73 Å². The van der Waals surface area contributed by atoms with Crippen molar-refractivity contribution in [1.29, 1.82) is 0 Å². The molecule has 0 saturated carbocycles. The van der Waals surface area contributed by atoms with Crippen LogP contribution >= 0.6 is 15.9 Å². The number of rotatable bonds is 2. The van der Waals surface area contributed by atoms with Crippen molar-refractivity contribution in [3.63, 3.8) is 0 Å². The number of hydrogen-bond donors (Lipinski definition) is 1. The molecule has 1 aliphatic rings. The molecule has 0 fully saturated rings. The lowest BCUT2D eigenvalue weighted by atomic mass is 10.2. The first kappa shape index (κ1) is 11.7. The molecular formula is C12H14BrN5. The minimum atomic E-state index is 0.775. The zero-order valence-corrected chi connectivity index (χ0v) is 11.5. The van der Waals surface area contributed by atoms with E-state index < -0.39 is 0 Å². The van der Waals surface area contributed by atoms with Crippen molar-refractivity contribution >= 4 is 21.6 Å². The second kappa shape index (κ2) is 4.70. The predicted molar refractivity (Wildman–Crippen MR) is 72.7 cm³/mol. The lowest BCUT2D eigenvalue weighted by molar-refractivity contribution is 0.209. The number of benzene rings is 1. The Morgan fingerprint density at radius 2 is 2.22 bits per heavy atom. The van der Waals surface area contributed by atoms with Gasteiger partial charge in [-0.15, -0.1) is 10.2 Å². The number of anilines is 1. The van der Waals surface area contributed by atoms with Gasteiger partial charge in [0.2, 0.25) is 0 Å². The first-order chi connectivity index (χ1) is 8.72. The van der Waals surface area contributed by atoms with Crippen LogP contribution in [0.1, 0.15) is 11.4 Å². The Morgan fingerprint density at radius 3 is 3.06 bits per heavy atom. The third-order valence-electron chi connectivity index (χ3n) is 3.19. The van der Waals surface area contributed by atoms with Gasteiger partial charge >= 0.3 is 0 Å². The normalized spacial score (nSPS) is 15.6. The maximum Gasteiger partial charge on any atom is 0.147 e. The minimum absolute atomic E-state index is 0.775. The fraction of sp³-hybridized carbons (Fsp3) is 0.333. The smallest absolute Gasteiger partial charge is 0.147 e. The summed E-state index contributed by atoms with van der Waals surface area (Å²) in [5.41, 5.74) is 7.82. The van der Waals surface area contributed by atoms with Crippen LogP contribution in [0, 0.1) is 0 Å². The van der Waals surface area contributed by atoms with Gasteiger partial charge in [0.25, 0.3) is 0 Å². The average Bonchev–Trinajstić information content (AvgIpc) is 2.81. The molecule has 1 aromatic heterocycles. The van der Waals surface area contributed by atoms with E-state index in [1.54, 1.807) is 6.33 Å². The van der Waals surface area contributed by atoms with E-state index in [1.165, 1.54) is 5.56 Å². The third kappa shape index (κ3) is 2.26. The Morgan fingerprint density at radius 1 is 1.33 bits per heavy atom. The summed E-state index contributed by atoms with van der Waals surface area (Å²) in [7, 11) is 0. The van der Waals surface area contributed by atoms with Gasteiger partial charge in [0.1, 0.15) is 12.2 Å². The maximum atomic E-state index is 5.79. The highest BCUT2D eigenvalue weighted by molar-refractivity contribution is 9.10. The molecule has 0 unspecified atom stereocenters. The van der Waals surface area contributed by atoms with Gasteiger partial charge in [-0.25, -0.2) is 0 Å². The molecule has 0 bridgehead atoms. The Kier molecular flexibility index (Phi) is 3.05. The molecular weight excluding hydrogens is 294 g/mol. The summed E-state index contributed by atoms with van der Waals surface area (Å²) in [6.45, 7) is 3.74. The van der Waals surface area contributed by atoms with Crippen LogP contribution in [0.3, 0.4) is 0 Å². The molecule has 2 N–H and O–H groups in total. The van der Waals surface area contributed by atoms with Crippen molar-refractivity contribution in [2.24, 2.45) is 0 Å². The lowest BCUT2D eigenvalue weighted by Gasteiger charge is -2.26. The monoisotopic (exact) mass is 307 g/mol. The summed E-state index contributed by atoms with van der Waals surface area (Å²) in [5.74, 6) is 1.04. The van der Waals surface area contributed by atoms with E-state index in [-0.39, 0.29) is 0 Å². The molecule has 0 saturated heterocycles. The number of nitrogen functional groups attached to an aromatic ring is 1. The number of aromatic nitrogens is 3. The Labute approximate surface area is 114 Å². The van der Waals surface area contributed by atoms with Crippen LogP contribution in [0.5, 0.6) is 0 Å². The van der Waals surface area contributed by atoms with Gasteiger partial charge in [-0.2, -0.15) is 0 Å². The van der Waals surface area contributed by atoms with Crippen LogP contribution < -0.4 is 5.73 Å². The highest BCUT2D eigenvalue weighted by Crippen LogP contribution is 2.22. The third-order valence-corrected chi connectivity index (χ3v) is 3.88. The van der Waals surface area contributed by atoms with Crippen LogP contribution in [0.4, 0.5) is 5.69 Å². The van der Waals surface area contributed by atoms with Crippen LogP contribution in [-0.2, 0) is 19.6 Å². The fourth-order valence-corrected chi connectivity index (χ4v) is 2.60. The Hall–Kier alpha value is -1.40. The number of hydrogen-bond acceptors (Lipinski definition) is 4. The van der Waals surface area contributed by atoms with E-state index in [0.717, 1.165) is 42.2 Å². The standard InChI is InChI=1S/C12H14BrN5/c13-10-5-9(1-2-11(10)14)6-17-3-4-18-8-15-16-12(18)7-17/h1-2,5,8H,3-4,6-7,14H2. The molecule has 18 heavy (non-hydrogen) atoms. The van der Waals surface area contributed by atoms with Gasteiger partial charge in [-0.3, -0.25) is 4.90 Å². The zero-order valence-electron chi connectivity index (χ0n) is 9.88. The van der Waals surface area contributed by atoms with Gasteiger partial charge in [-0.1, -0.05) is 6.07 Å². The topological polar surface area (TPSA) is 60.0 Å². The van der Waals surface area contributed by atoms with Crippen molar-refractivity contribution in [3.8, 4) is 0 Å². The van der Waals surface area contributed by atoms with Crippen molar-refractivity contribution < 1.29 is 0 Å². The first-order valence-electron chi connectivity index (χ1n) is 5.85. The molecule has 6 heteroatoms. The van der Waals surface area contributed by atoms with E-state index in [9.17, 15) is 0 Å². The number of halogens is 1. The van der Waals surface area contributed by atoms with Crippen LogP contribution in [-0.4, -0.2) is 26.2 Å². The maximum absolute atomic E-state index is 5.79. The molecule has 2 aromatic rings. The average molecular weight is 308 g/mol. The Balaban J connectivity index is 1.72. The largest absolute Gasteiger partial charge is 0.398 e. The Bertz CT molecular complexity index is 565. The molecule has 1 aliphatic heterocycles. The highest BCUT2D eigenvalue weighted by atomic mass is 79.9. The van der Waals surface area contributed by atoms with Gasteiger partial charge in [0.05, 0.1) is 6.54 Å². The summed E-state index contributed by atoms with van der Waals surface area (Å²) in [4.78, 5) is 2.36. The fourth-order valence-electron chi connectivity index (χ4n) is 2.18. The predicted octanol–water partition coefficient (Wildman–Crippen LogP) is 1.64. The van der Waals surface area contributed by atoms with Gasteiger partial charge in [0, 0.05) is 29.8 Å². The summed E-state index contributed by atoms with van der Waals surface area (Å²) >= 11 is 3.46. The second-order valence-electron chi connectivity index (χ2n) is 4.51. The second-order valence-corrected chi connectivity index (χ2v) is 5.36. The molecule has 94 valence electrons. The van der Waals surface area contributed by atoms with Crippen molar-refractivity contribution in [2.45, 2.75) is 19.6 Å².